The number of nitrogens with zero attached hydrogens (tertiary/aromatic N) is 5. The Bertz CT molecular complexity index is 1010. The molecule has 9 heteroatoms. The quantitative estimate of drug-likeness (QED) is 0.269. The molecule has 0 unspecified atom stereocenters. The molecule has 0 aliphatic carbocycles. The van der Waals surface area contributed by atoms with Crippen molar-refractivity contribution in [3.8, 4) is 11.4 Å². The van der Waals surface area contributed by atoms with Gasteiger partial charge >= 0.3 is 11.9 Å². The summed E-state index contributed by atoms with van der Waals surface area (Å²) < 4.78 is 10.7. The molecule has 1 aromatic heterocycles. The first kappa shape index (κ1) is 18.8. The lowest BCUT2D eigenvalue weighted by Gasteiger charge is -2.07. The number of aliphatic imine (C=N–C) groups is 1. The van der Waals surface area contributed by atoms with Gasteiger partial charge in [-0.15, -0.1) is 0 Å². The van der Waals surface area contributed by atoms with E-state index in [1.54, 1.807) is 0 Å². The van der Waals surface area contributed by atoms with Crippen molar-refractivity contribution in [2.75, 3.05) is 14.2 Å². The molecular weight excluding hydrogens is 362 g/mol. The zero-order valence-corrected chi connectivity index (χ0v) is 15.2. The Kier molecular flexibility index (Phi) is 5.75. The van der Waals surface area contributed by atoms with Crippen LogP contribution in [0.15, 0.2) is 77.7 Å². The van der Waals surface area contributed by atoms with Crippen LogP contribution in [0.25, 0.3) is 11.4 Å². The Morgan fingerprint density at radius 3 is 2.32 bits per heavy atom. The van der Waals surface area contributed by atoms with Crippen LogP contribution < -0.4 is 9.79 Å². The largest absolute Gasteiger partial charge is 0.616 e. The number of hydrogen-bond acceptors (Lipinski definition) is 7. The van der Waals surface area contributed by atoms with Crippen molar-refractivity contribution < 1.29 is 24.1 Å². The van der Waals surface area contributed by atoms with Crippen LogP contribution in [0.4, 0.5) is 5.95 Å². The number of hydrogen-bond donors (Lipinski definition) is 0. The minimum Gasteiger partial charge on any atom is -0.616 e. The fourth-order valence-electron chi connectivity index (χ4n) is 2.27. The van der Waals surface area contributed by atoms with Gasteiger partial charge in [0.15, 0.2) is 0 Å². The van der Waals surface area contributed by atoms with Gasteiger partial charge in [0.2, 0.25) is 5.71 Å². The minimum atomic E-state index is -0.806. The summed E-state index contributed by atoms with van der Waals surface area (Å²) in [6.07, 6.45) is 0.933. The summed E-state index contributed by atoms with van der Waals surface area (Å²) in [5.74, 6) is -1.47. The van der Waals surface area contributed by atoms with E-state index in [0.717, 1.165) is 6.08 Å². The van der Waals surface area contributed by atoms with Crippen molar-refractivity contribution in [2.24, 2.45) is 4.99 Å². The number of tetrazole rings is 1. The van der Waals surface area contributed by atoms with E-state index < -0.39 is 11.9 Å². The van der Waals surface area contributed by atoms with Crippen LogP contribution in [-0.2, 0) is 14.3 Å². The summed E-state index contributed by atoms with van der Waals surface area (Å²) in [4.78, 5) is 17.6. The van der Waals surface area contributed by atoms with Gasteiger partial charge in [0, 0.05) is 11.3 Å². The van der Waals surface area contributed by atoms with Gasteiger partial charge in [0.25, 0.3) is 0 Å². The first-order valence-corrected chi connectivity index (χ1v) is 8.22. The van der Waals surface area contributed by atoms with Crippen molar-refractivity contribution in [3.63, 3.8) is 0 Å². The first-order chi connectivity index (χ1) is 13.6. The van der Waals surface area contributed by atoms with E-state index in [0.29, 0.717) is 11.4 Å². The van der Waals surface area contributed by atoms with Crippen LogP contribution in [0.1, 0.15) is 0 Å². The second kappa shape index (κ2) is 8.58. The number of carbonyl (C=O) groups excluding carboxylic acids is 1. The van der Waals surface area contributed by atoms with E-state index in [1.807, 2.05) is 60.7 Å². The van der Waals surface area contributed by atoms with Gasteiger partial charge in [-0.3, -0.25) is 0 Å². The molecule has 0 bridgehead atoms. The zero-order chi connectivity index (χ0) is 19.9. The molecule has 3 aromatic rings. The SMILES string of the molecule is COC(=O)C(/C=C(\[O-])OC)=N\c1nn(-c2ccccc2)n[n+]1-c1ccccc1. The Morgan fingerprint density at radius 1 is 1.07 bits per heavy atom. The zero-order valence-electron chi connectivity index (χ0n) is 15.2. The van der Waals surface area contributed by atoms with Gasteiger partial charge in [-0.2, -0.15) is 0 Å². The summed E-state index contributed by atoms with van der Waals surface area (Å²) in [7, 11) is 2.39. The van der Waals surface area contributed by atoms with Crippen molar-refractivity contribution >= 4 is 17.6 Å². The van der Waals surface area contributed by atoms with E-state index >= 15 is 0 Å². The normalized spacial score (nSPS) is 11.9. The number of rotatable bonds is 6. The standard InChI is InChI=1S/C19H17N5O4/c1-27-17(25)13-16(18(26)28-2)20-19-21-24(15-11-7-4-8-12-15)22-23(19)14-9-5-3-6-10-14/h3-13H,1-2H3. The number of esters is 1. The molecule has 0 aliphatic heterocycles. The van der Waals surface area contributed by atoms with Crippen LogP contribution in [0, 0.1) is 0 Å². The van der Waals surface area contributed by atoms with Crippen LogP contribution in [0.2, 0.25) is 0 Å². The smallest absolute Gasteiger partial charge is 0.441 e. The predicted molar refractivity (Wildman–Crippen MR) is 97.1 cm³/mol. The molecule has 1 heterocycles. The highest BCUT2D eigenvalue weighted by Crippen LogP contribution is 2.10. The maximum absolute atomic E-state index is 12.0. The van der Waals surface area contributed by atoms with Crippen molar-refractivity contribution in [3.05, 3.63) is 72.7 Å². The third-order valence-corrected chi connectivity index (χ3v) is 3.61. The molecule has 3 rings (SSSR count). The average molecular weight is 379 g/mol. The highest BCUT2D eigenvalue weighted by atomic mass is 16.6. The molecule has 0 amide bonds. The van der Waals surface area contributed by atoms with Crippen molar-refractivity contribution in [1.29, 1.82) is 0 Å². The second-order valence-electron chi connectivity index (χ2n) is 5.42. The summed E-state index contributed by atoms with van der Waals surface area (Å²) >= 11 is 0. The summed E-state index contributed by atoms with van der Waals surface area (Å²) in [6.45, 7) is 0. The van der Waals surface area contributed by atoms with Crippen LogP contribution in [0.5, 0.6) is 0 Å². The average Bonchev–Trinajstić information content (AvgIpc) is 3.17. The van der Waals surface area contributed by atoms with E-state index in [2.05, 4.69) is 20.0 Å². The van der Waals surface area contributed by atoms with Gasteiger partial charge in [-0.25, -0.2) is 4.79 Å². The van der Waals surface area contributed by atoms with Crippen LogP contribution >= 0.6 is 0 Å². The molecule has 2 aromatic carbocycles. The second-order valence-corrected chi connectivity index (χ2v) is 5.42. The third-order valence-electron chi connectivity index (χ3n) is 3.61. The van der Waals surface area contributed by atoms with Crippen LogP contribution in [0.3, 0.4) is 0 Å². The Hall–Kier alpha value is -4.01. The third kappa shape index (κ3) is 4.21. The van der Waals surface area contributed by atoms with Gasteiger partial charge in [-0.1, -0.05) is 46.1 Å². The fraction of sp³-hybridized carbons (Fsp3) is 0.105. The van der Waals surface area contributed by atoms with E-state index in [-0.39, 0.29) is 11.7 Å². The maximum atomic E-state index is 12.0. The lowest BCUT2D eigenvalue weighted by atomic mass is 10.3. The van der Waals surface area contributed by atoms with E-state index in [1.165, 1.54) is 23.7 Å². The van der Waals surface area contributed by atoms with Crippen LogP contribution in [-0.4, -0.2) is 41.0 Å². The summed E-state index contributed by atoms with van der Waals surface area (Å²) in [5, 5.41) is 20.4. The van der Waals surface area contributed by atoms with Crippen molar-refractivity contribution in [1.82, 2.24) is 15.1 Å². The number of ether oxygens (including phenoxy) is 2. The van der Waals surface area contributed by atoms with Gasteiger partial charge in [0.1, 0.15) is 11.4 Å². The number of carbonyl (C=O) groups is 1. The molecule has 0 saturated heterocycles. The van der Waals surface area contributed by atoms with Crippen molar-refractivity contribution in [2.45, 2.75) is 0 Å². The topological polar surface area (TPSA) is 106 Å². The number of methoxy groups -OCH3 is 2. The molecule has 0 spiro atoms. The number of benzene rings is 2. The lowest BCUT2D eigenvalue weighted by molar-refractivity contribution is -0.648. The first-order valence-electron chi connectivity index (χ1n) is 8.22. The summed E-state index contributed by atoms with van der Waals surface area (Å²) in [6, 6.07) is 18.4. The molecule has 0 atom stereocenters. The minimum absolute atomic E-state index is 0.0793. The summed E-state index contributed by atoms with van der Waals surface area (Å²) in [5.41, 5.74) is 1.11. The highest BCUT2D eigenvalue weighted by molar-refractivity contribution is 6.41. The van der Waals surface area contributed by atoms with E-state index in [9.17, 15) is 9.90 Å². The number of para-hydroxylation sites is 2. The highest BCUT2D eigenvalue weighted by Gasteiger charge is 2.24. The lowest BCUT2D eigenvalue weighted by Crippen LogP contribution is -2.34. The molecule has 0 saturated carbocycles. The molecule has 0 fully saturated rings. The van der Waals surface area contributed by atoms with Gasteiger partial charge in [-0.05, 0) is 36.2 Å². The molecule has 9 nitrogen and oxygen atoms in total. The predicted octanol–water partition coefficient (Wildman–Crippen LogP) is 0.638. The van der Waals surface area contributed by atoms with Gasteiger partial charge in [0.05, 0.1) is 18.2 Å². The number of aromatic nitrogens is 4. The molecular formula is C19H17N5O4. The molecule has 0 aliphatic rings. The Balaban J connectivity index is 2.17. The molecule has 0 radical (unpaired) electrons. The molecule has 142 valence electrons. The monoisotopic (exact) mass is 379 g/mol. The van der Waals surface area contributed by atoms with E-state index in [4.69, 9.17) is 4.74 Å². The van der Waals surface area contributed by atoms with Gasteiger partial charge < -0.3 is 14.6 Å². The Labute approximate surface area is 160 Å². The molecule has 0 N–H and O–H groups in total. The fourth-order valence-corrected chi connectivity index (χ4v) is 2.27. The Morgan fingerprint density at radius 2 is 1.71 bits per heavy atom. The molecule has 28 heavy (non-hydrogen) atoms. The maximum Gasteiger partial charge on any atom is 0.441 e.